The maximum atomic E-state index is 13.6. The molecule has 3 fully saturated rings. The molecule has 0 atom stereocenters. The van der Waals surface area contributed by atoms with Gasteiger partial charge in [-0.3, -0.25) is 0 Å². The molecule has 0 aliphatic carbocycles. The van der Waals surface area contributed by atoms with Crippen LogP contribution in [0.25, 0.3) is 10.9 Å². The number of aromatic nitrogens is 2. The van der Waals surface area contributed by atoms with Crippen LogP contribution in [0.5, 0.6) is 0 Å². The number of nitrogens with one attached hydrogen (secondary N) is 1. The minimum absolute atomic E-state index is 0. The molecule has 208 valence electrons. The maximum Gasteiger partial charge on any atom is 0.321 e. The van der Waals surface area contributed by atoms with Gasteiger partial charge >= 0.3 is 6.03 Å². The SMILES string of the molecule is O=C(Nc1ccc(N2CCCOCC2)cc1)N1CCC(c2ncnc3cc(N4CCC(F)CC4)ccc23)CC1.[HH]. The highest BCUT2D eigenvalue weighted by atomic mass is 19.1. The molecule has 8 nitrogen and oxygen atoms in total. The van der Waals surface area contributed by atoms with E-state index in [1.54, 1.807) is 6.33 Å². The Morgan fingerprint density at radius 1 is 0.872 bits per heavy atom. The number of urea groups is 1. The van der Waals surface area contributed by atoms with Gasteiger partial charge in [0, 0.05) is 75.7 Å². The Morgan fingerprint density at radius 2 is 1.62 bits per heavy atom. The first kappa shape index (κ1) is 25.8. The molecule has 6 rings (SSSR count). The average Bonchev–Trinajstić information content (AvgIpc) is 3.27. The highest BCUT2D eigenvalue weighted by Gasteiger charge is 2.27. The van der Waals surface area contributed by atoms with Gasteiger partial charge in [-0.1, -0.05) is 0 Å². The van der Waals surface area contributed by atoms with Gasteiger partial charge in [0.25, 0.3) is 0 Å². The zero-order valence-corrected chi connectivity index (χ0v) is 22.4. The molecule has 4 heterocycles. The van der Waals surface area contributed by atoms with E-state index in [0.29, 0.717) is 25.9 Å². The van der Waals surface area contributed by atoms with Gasteiger partial charge in [-0.2, -0.15) is 0 Å². The molecular formula is C30H39FN6O2. The Hall–Kier alpha value is -3.46. The zero-order valence-electron chi connectivity index (χ0n) is 22.4. The van der Waals surface area contributed by atoms with Crippen molar-refractivity contribution in [1.82, 2.24) is 14.9 Å². The molecule has 3 aliphatic heterocycles. The summed E-state index contributed by atoms with van der Waals surface area (Å²) in [6.45, 7) is 6.30. The first-order chi connectivity index (χ1) is 19.1. The van der Waals surface area contributed by atoms with E-state index in [4.69, 9.17) is 4.74 Å². The van der Waals surface area contributed by atoms with Crippen molar-refractivity contribution in [3.05, 3.63) is 54.5 Å². The average molecular weight is 535 g/mol. The van der Waals surface area contributed by atoms with Crippen molar-refractivity contribution in [3.63, 3.8) is 0 Å². The molecule has 3 saturated heterocycles. The predicted octanol–water partition coefficient (Wildman–Crippen LogP) is 5.45. The molecular weight excluding hydrogens is 495 g/mol. The molecule has 0 spiro atoms. The van der Waals surface area contributed by atoms with Crippen LogP contribution in [0, 0.1) is 0 Å². The number of fused-ring (bicyclic) bond motifs is 1. The second-order valence-corrected chi connectivity index (χ2v) is 10.8. The van der Waals surface area contributed by atoms with E-state index in [9.17, 15) is 9.18 Å². The van der Waals surface area contributed by atoms with Crippen molar-refractivity contribution >= 4 is 34.0 Å². The fourth-order valence-electron chi connectivity index (χ4n) is 6.01. The third-order valence-corrected chi connectivity index (χ3v) is 8.32. The number of hydrogen-bond donors (Lipinski definition) is 1. The molecule has 0 unspecified atom stereocenters. The standard InChI is InChI=1S/C30H37FN6O2.H2/c31-23-10-15-36(16-11-23)26-6-7-27-28(20-26)32-21-33-29(27)22-8-13-37(14-9-22)30(38)34-24-2-4-25(5-3-24)35-12-1-18-39-19-17-35;/h2-7,20-23H,1,8-19H2,(H,34,38);1H. The van der Waals surface area contributed by atoms with Crippen LogP contribution < -0.4 is 15.1 Å². The summed E-state index contributed by atoms with van der Waals surface area (Å²) in [6.07, 6.45) is 4.88. The second-order valence-electron chi connectivity index (χ2n) is 10.8. The molecule has 1 N–H and O–H groups in total. The Labute approximate surface area is 230 Å². The second kappa shape index (κ2) is 11.7. The topological polar surface area (TPSA) is 73.8 Å². The number of amides is 2. The molecule has 2 amide bonds. The van der Waals surface area contributed by atoms with Gasteiger partial charge in [-0.05, 0) is 74.6 Å². The Bertz CT molecular complexity index is 1270. The summed E-state index contributed by atoms with van der Waals surface area (Å²) in [4.78, 5) is 28.7. The molecule has 0 radical (unpaired) electrons. The van der Waals surface area contributed by atoms with Gasteiger partial charge in [-0.15, -0.1) is 0 Å². The first-order valence-corrected chi connectivity index (χ1v) is 14.3. The summed E-state index contributed by atoms with van der Waals surface area (Å²) in [5, 5.41) is 4.14. The lowest BCUT2D eigenvalue weighted by Crippen LogP contribution is -2.40. The third kappa shape index (κ3) is 5.93. The Kier molecular flexibility index (Phi) is 7.76. The molecule has 0 saturated carbocycles. The van der Waals surface area contributed by atoms with Crippen LogP contribution in [0.2, 0.25) is 0 Å². The number of carbonyl (C=O) groups is 1. The summed E-state index contributed by atoms with van der Waals surface area (Å²) in [5.74, 6) is 0.282. The molecule has 9 heteroatoms. The van der Waals surface area contributed by atoms with Crippen molar-refractivity contribution in [2.75, 3.05) is 67.6 Å². The summed E-state index contributed by atoms with van der Waals surface area (Å²) in [7, 11) is 0. The van der Waals surface area contributed by atoms with Gasteiger partial charge in [0.2, 0.25) is 0 Å². The van der Waals surface area contributed by atoms with Crippen molar-refractivity contribution < 1.29 is 15.3 Å². The van der Waals surface area contributed by atoms with E-state index in [2.05, 4.69) is 55.4 Å². The molecule has 0 bridgehead atoms. The summed E-state index contributed by atoms with van der Waals surface area (Å²) >= 11 is 0. The van der Waals surface area contributed by atoms with Crippen molar-refractivity contribution in [1.29, 1.82) is 0 Å². The Balaban J connectivity index is 0.00000323. The van der Waals surface area contributed by atoms with Crippen LogP contribution in [-0.4, -0.2) is 79.6 Å². The van der Waals surface area contributed by atoms with E-state index in [-0.39, 0.29) is 13.4 Å². The number of ether oxygens (including phenoxy) is 1. The fourth-order valence-corrected chi connectivity index (χ4v) is 6.01. The van der Waals surface area contributed by atoms with Crippen molar-refractivity contribution in [2.45, 2.75) is 44.2 Å². The van der Waals surface area contributed by atoms with Gasteiger partial charge in [0.1, 0.15) is 12.5 Å². The molecule has 3 aromatic rings. The number of benzene rings is 2. The highest BCUT2D eigenvalue weighted by Crippen LogP contribution is 2.33. The van der Waals surface area contributed by atoms with Crippen LogP contribution in [0.1, 0.15) is 45.1 Å². The number of carbonyl (C=O) groups excluding carboxylic acids is 1. The van der Waals surface area contributed by atoms with E-state index in [1.807, 2.05) is 17.0 Å². The number of piperidine rings is 2. The molecule has 39 heavy (non-hydrogen) atoms. The van der Waals surface area contributed by atoms with Crippen LogP contribution >= 0.6 is 0 Å². The molecule has 3 aliphatic rings. The number of hydrogen-bond acceptors (Lipinski definition) is 6. The highest BCUT2D eigenvalue weighted by molar-refractivity contribution is 5.89. The van der Waals surface area contributed by atoms with Crippen LogP contribution in [-0.2, 0) is 4.74 Å². The van der Waals surface area contributed by atoms with Crippen LogP contribution in [0.15, 0.2) is 48.8 Å². The number of alkyl halides is 1. The van der Waals surface area contributed by atoms with E-state index >= 15 is 0 Å². The largest absolute Gasteiger partial charge is 0.380 e. The summed E-state index contributed by atoms with van der Waals surface area (Å²) < 4.78 is 19.1. The number of rotatable bonds is 4. The van der Waals surface area contributed by atoms with Crippen LogP contribution in [0.3, 0.4) is 0 Å². The number of nitrogens with zero attached hydrogens (tertiary/aromatic N) is 5. The lowest BCUT2D eigenvalue weighted by molar-refractivity contribution is 0.152. The lowest BCUT2D eigenvalue weighted by Gasteiger charge is -2.32. The van der Waals surface area contributed by atoms with Gasteiger partial charge in [0.15, 0.2) is 0 Å². The third-order valence-electron chi connectivity index (χ3n) is 8.32. The fraction of sp³-hybridized carbons (Fsp3) is 0.500. The predicted molar refractivity (Wildman–Crippen MR) is 155 cm³/mol. The monoisotopic (exact) mass is 534 g/mol. The van der Waals surface area contributed by atoms with E-state index in [0.717, 1.165) is 92.3 Å². The van der Waals surface area contributed by atoms with Gasteiger partial charge in [0.05, 0.1) is 17.8 Å². The summed E-state index contributed by atoms with van der Waals surface area (Å²) in [6, 6.07) is 14.4. The zero-order chi connectivity index (χ0) is 26.6. The smallest absolute Gasteiger partial charge is 0.321 e. The van der Waals surface area contributed by atoms with Crippen molar-refractivity contribution in [2.24, 2.45) is 0 Å². The normalized spacial score (nSPS) is 19.8. The van der Waals surface area contributed by atoms with Gasteiger partial charge in [-0.25, -0.2) is 19.2 Å². The first-order valence-electron chi connectivity index (χ1n) is 14.3. The molecule has 1 aromatic heterocycles. The van der Waals surface area contributed by atoms with Gasteiger partial charge < -0.3 is 24.8 Å². The van der Waals surface area contributed by atoms with Crippen molar-refractivity contribution in [3.8, 4) is 0 Å². The van der Waals surface area contributed by atoms with E-state index in [1.165, 1.54) is 0 Å². The number of likely N-dealkylation sites (tertiary alicyclic amines) is 1. The minimum atomic E-state index is -0.686. The number of anilines is 3. The van der Waals surface area contributed by atoms with E-state index < -0.39 is 6.17 Å². The number of halogens is 1. The minimum Gasteiger partial charge on any atom is -0.380 e. The maximum absolute atomic E-state index is 13.6. The van der Waals surface area contributed by atoms with Crippen LogP contribution in [0.4, 0.5) is 26.2 Å². The lowest BCUT2D eigenvalue weighted by atomic mass is 9.91. The Morgan fingerprint density at radius 3 is 2.41 bits per heavy atom. The quantitative estimate of drug-likeness (QED) is 0.480. The summed E-state index contributed by atoms with van der Waals surface area (Å²) in [5.41, 5.74) is 5.05. The molecule has 2 aromatic carbocycles.